The zero-order valence-electron chi connectivity index (χ0n) is 11.3. The van der Waals surface area contributed by atoms with Crippen LogP contribution in [0.2, 0.25) is 0 Å². The number of hydrogen-bond acceptors (Lipinski definition) is 4. The van der Waals surface area contributed by atoms with Crippen molar-refractivity contribution in [1.82, 2.24) is 9.61 Å². The maximum Gasteiger partial charge on any atom is 0.253 e. The lowest BCUT2D eigenvalue weighted by molar-refractivity contribution is -0.215. The molecule has 2 aromatic heterocycles. The molecular weight excluding hydrogens is 282 g/mol. The van der Waals surface area contributed by atoms with Gasteiger partial charge in [0, 0.05) is 12.8 Å². The molecular formula is C14H14F2N2O3. The molecule has 0 amide bonds. The van der Waals surface area contributed by atoms with E-state index in [9.17, 15) is 18.7 Å². The van der Waals surface area contributed by atoms with Crippen LogP contribution in [0, 0.1) is 0 Å². The first-order chi connectivity index (χ1) is 9.78. The van der Waals surface area contributed by atoms with Gasteiger partial charge in [0.25, 0.3) is 5.92 Å². The Morgan fingerprint density at radius 1 is 1.48 bits per heavy atom. The summed E-state index contributed by atoms with van der Waals surface area (Å²) in [5.41, 5.74) is -0.338. The van der Waals surface area contributed by atoms with Crippen LogP contribution in [-0.2, 0) is 0 Å². The van der Waals surface area contributed by atoms with Crippen molar-refractivity contribution < 1.29 is 23.4 Å². The molecule has 7 heteroatoms. The van der Waals surface area contributed by atoms with Gasteiger partial charge in [-0.2, -0.15) is 5.10 Å². The summed E-state index contributed by atoms with van der Waals surface area (Å²) in [5.74, 6) is -2.51. The third-order valence-corrected chi connectivity index (χ3v) is 3.55. The molecule has 0 saturated heterocycles. The molecule has 1 saturated carbocycles. The summed E-state index contributed by atoms with van der Waals surface area (Å²) < 4.78 is 32.4. The quantitative estimate of drug-likeness (QED) is 0.877. The minimum absolute atomic E-state index is 0.0929. The molecule has 0 bridgehead atoms. The molecule has 0 unspecified atom stereocenters. The zero-order valence-corrected chi connectivity index (χ0v) is 11.3. The van der Waals surface area contributed by atoms with Gasteiger partial charge in [-0.05, 0) is 19.1 Å². The lowest BCUT2D eigenvalue weighted by Gasteiger charge is -2.42. The molecule has 5 nitrogen and oxygen atoms in total. The van der Waals surface area contributed by atoms with Crippen molar-refractivity contribution in [2.24, 2.45) is 0 Å². The number of fused-ring (bicyclic) bond motifs is 1. The normalized spacial score (nSPS) is 19.2. The molecule has 112 valence electrons. The summed E-state index contributed by atoms with van der Waals surface area (Å²) in [6, 6.07) is 3.28. The number of pyridine rings is 1. The Bertz CT molecular complexity index is 703. The first-order valence-corrected chi connectivity index (χ1v) is 6.49. The van der Waals surface area contributed by atoms with Crippen molar-refractivity contribution >= 4 is 11.3 Å². The molecule has 1 aliphatic rings. The van der Waals surface area contributed by atoms with E-state index in [2.05, 4.69) is 5.10 Å². The van der Waals surface area contributed by atoms with Gasteiger partial charge in [0.2, 0.25) is 0 Å². The Hall–Kier alpha value is -2.02. The Kier molecular flexibility index (Phi) is 2.98. The number of ether oxygens (including phenoxy) is 1. The number of Topliss-reactive ketones (excluding diaryl/α,β-unsaturated/α-hetero) is 1. The Morgan fingerprint density at radius 3 is 2.81 bits per heavy atom. The summed E-state index contributed by atoms with van der Waals surface area (Å²) in [6.45, 7) is 1.25. The first kappa shape index (κ1) is 13.9. The number of hydrogen-bond donors (Lipinski definition) is 1. The molecule has 1 aliphatic carbocycles. The van der Waals surface area contributed by atoms with E-state index in [-0.39, 0.29) is 12.4 Å². The van der Waals surface area contributed by atoms with Crippen molar-refractivity contribution in [3.05, 3.63) is 30.1 Å². The fraction of sp³-hybridized carbons (Fsp3) is 0.429. The summed E-state index contributed by atoms with van der Waals surface area (Å²) in [5, 5.41) is 13.9. The Morgan fingerprint density at radius 2 is 2.19 bits per heavy atom. The van der Waals surface area contributed by atoms with E-state index in [1.807, 2.05) is 0 Å². The molecule has 0 aromatic carbocycles. The van der Waals surface area contributed by atoms with Crippen molar-refractivity contribution in [3.8, 4) is 5.75 Å². The van der Waals surface area contributed by atoms with Crippen LogP contribution in [0.1, 0.15) is 30.1 Å². The number of carbonyl (C=O) groups is 1. The van der Waals surface area contributed by atoms with E-state index in [1.54, 1.807) is 18.3 Å². The molecule has 0 atom stereocenters. The van der Waals surface area contributed by atoms with Crippen LogP contribution in [0.4, 0.5) is 8.78 Å². The van der Waals surface area contributed by atoms with Gasteiger partial charge < -0.3 is 9.84 Å². The van der Waals surface area contributed by atoms with Gasteiger partial charge in [0.15, 0.2) is 5.78 Å². The molecule has 0 aliphatic heterocycles. The summed E-state index contributed by atoms with van der Waals surface area (Å²) in [6.07, 6.45) is 1.83. The van der Waals surface area contributed by atoms with Crippen LogP contribution in [0.15, 0.2) is 24.5 Å². The smallest absolute Gasteiger partial charge is 0.253 e. The number of halogens is 2. The number of alkyl halides is 2. The summed E-state index contributed by atoms with van der Waals surface area (Å²) in [7, 11) is 0. The third-order valence-electron chi connectivity index (χ3n) is 3.55. The number of ketones is 1. The van der Waals surface area contributed by atoms with E-state index in [1.165, 1.54) is 17.6 Å². The van der Waals surface area contributed by atoms with Gasteiger partial charge in [0.1, 0.15) is 18.0 Å². The number of rotatable bonds is 4. The van der Waals surface area contributed by atoms with Crippen LogP contribution >= 0.6 is 0 Å². The first-order valence-electron chi connectivity index (χ1n) is 6.49. The van der Waals surface area contributed by atoms with Gasteiger partial charge >= 0.3 is 0 Å². The Labute approximate surface area is 119 Å². The van der Waals surface area contributed by atoms with Crippen molar-refractivity contribution in [2.75, 3.05) is 6.61 Å². The van der Waals surface area contributed by atoms with E-state index in [4.69, 9.17) is 4.74 Å². The second-order valence-electron chi connectivity index (χ2n) is 5.53. The van der Waals surface area contributed by atoms with Crippen LogP contribution in [-0.4, -0.2) is 38.6 Å². The summed E-state index contributed by atoms with van der Waals surface area (Å²) in [4.78, 5) is 11.4. The Balaban J connectivity index is 1.72. The highest BCUT2D eigenvalue weighted by Gasteiger charge is 2.56. The van der Waals surface area contributed by atoms with Crippen LogP contribution in [0.3, 0.4) is 0 Å². The topological polar surface area (TPSA) is 63.8 Å². The maximum absolute atomic E-state index is 12.8. The van der Waals surface area contributed by atoms with Gasteiger partial charge in [-0.15, -0.1) is 0 Å². The van der Waals surface area contributed by atoms with Crippen LogP contribution in [0.25, 0.3) is 5.52 Å². The van der Waals surface area contributed by atoms with E-state index < -0.39 is 24.4 Å². The fourth-order valence-electron chi connectivity index (χ4n) is 2.55. The van der Waals surface area contributed by atoms with Gasteiger partial charge in [0.05, 0.1) is 23.5 Å². The van der Waals surface area contributed by atoms with Gasteiger partial charge in [-0.3, -0.25) is 4.79 Å². The minimum Gasteiger partial charge on any atom is -0.489 e. The number of carbonyl (C=O) groups excluding carboxylic acids is 1. The van der Waals surface area contributed by atoms with Crippen molar-refractivity contribution in [2.45, 2.75) is 31.3 Å². The van der Waals surface area contributed by atoms with Crippen molar-refractivity contribution in [1.29, 1.82) is 0 Å². The van der Waals surface area contributed by atoms with E-state index >= 15 is 0 Å². The van der Waals surface area contributed by atoms with E-state index in [0.29, 0.717) is 16.8 Å². The second kappa shape index (κ2) is 4.49. The number of aromatic nitrogens is 2. The maximum atomic E-state index is 12.8. The average Bonchev–Trinajstić information content (AvgIpc) is 2.77. The third kappa shape index (κ3) is 2.61. The SMILES string of the molecule is CC(=O)c1cnn2cc(OCC3(O)CC(F)(F)C3)ccc12. The largest absolute Gasteiger partial charge is 0.489 e. The second-order valence-corrected chi connectivity index (χ2v) is 5.53. The molecule has 0 radical (unpaired) electrons. The predicted octanol–water partition coefficient (Wildman–Crippen LogP) is 2.08. The standard InChI is InChI=1S/C14H14F2N2O3/c1-9(19)11-4-17-18-5-10(2-3-12(11)18)21-8-13(20)6-14(15,16)7-13/h2-5,20H,6-8H2,1H3. The monoisotopic (exact) mass is 296 g/mol. The van der Waals surface area contributed by atoms with Gasteiger partial charge in [-0.1, -0.05) is 0 Å². The highest BCUT2D eigenvalue weighted by Crippen LogP contribution is 2.45. The minimum atomic E-state index is -2.81. The molecule has 1 N–H and O–H groups in total. The predicted molar refractivity (Wildman–Crippen MR) is 69.8 cm³/mol. The van der Waals surface area contributed by atoms with Crippen LogP contribution in [0.5, 0.6) is 5.75 Å². The molecule has 2 aromatic rings. The fourth-order valence-corrected chi connectivity index (χ4v) is 2.55. The zero-order chi connectivity index (χ0) is 15.3. The van der Waals surface area contributed by atoms with Crippen molar-refractivity contribution in [3.63, 3.8) is 0 Å². The molecule has 3 rings (SSSR count). The molecule has 0 spiro atoms. The van der Waals surface area contributed by atoms with Gasteiger partial charge in [-0.25, -0.2) is 13.3 Å². The van der Waals surface area contributed by atoms with Crippen LogP contribution < -0.4 is 4.74 Å². The average molecular weight is 296 g/mol. The number of nitrogens with zero attached hydrogens (tertiary/aromatic N) is 2. The van der Waals surface area contributed by atoms with E-state index in [0.717, 1.165) is 0 Å². The molecule has 1 fully saturated rings. The molecule has 2 heterocycles. The number of aliphatic hydroxyl groups is 1. The summed E-state index contributed by atoms with van der Waals surface area (Å²) >= 11 is 0. The molecule has 21 heavy (non-hydrogen) atoms. The lowest BCUT2D eigenvalue weighted by atomic mass is 9.77. The lowest BCUT2D eigenvalue weighted by Crippen LogP contribution is -2.55. The highest BCUT2D eigenvalue weighted by molar-refractivity contribution is 6.00. The highest BCUT2D eigenvalue weighted by atomic mass is 19.3.